The SMILES string of the molecule is [2H]C([2H])([2H])Oc1cc(N)c(S(=O)(=O)C([2H])([2H])C([2H])([2H])[2H])cc1C(=O)NCC1CCCN1CC. The molecular formula is C17H27N3O4S. The van der Waals surface area contributed by atoms with Crippen molar-refractivity contribution in [1.29, 1.82) is 0 Å². The number of likely N-dealkylation sites (N-methyl/N-ethyl adjacent to an activating group) is 1. The molecule has 1 aliphatic rings. The lowest BCUT2D eigenvalue weighted by molar-refractivity contribution is 0.0938. The van der Waals surface area contributed by atoms with Crippen LogP contribution < -0.4 is 15.8 Å². The highest BCUT2D eigenvalue weighted by atomic mass is 32.2. The number of methoxy groups -OCH3 is 1. The molecule has 3 N–H and O–H groups in total. The van der Waals surface area contributed by atoms with Crippen molar-refractivity contribution in [3.8, 4) is 5.75 Å². The molecule has 140 valence electrons. The lowest BCUT2D eigenvalue weighted by Crippen LogP contribution is -2.40. The third kappa shape index (κ3) is 4.24. The second-order valence-corrected chi connectivity index (χ2v) is 7.38. The number of carbonyl (C=O) groups excluding carboxylic acids is 1. The Bertz CT molecular complexity index is 995. The summed E-state index contributed by atoms with van der Waals surface area (Å²) in [6, 6.07) is 1.45. The van der Waals surface area contributed by atoms with Crippen LogP contribution in [0.2, 0.25) is 0 Å². The number of nitrogen functional groups attached to an aromatic ring is 1. The van der Waals surface area contributed by atoms with Gasteiger partial charge in [-0.25, -0.2) is 8.42 Å². The first-order chi connectivity index (χ1) is 14.9. The van der Waals surface area contributed by atoms with Gasteiger partial charge in [-0.05, 0) is 32.0 Å². The number of anilines is 1. The van der Waals surface area contributed by atoms with E-state index in [1.807, 2.05) is 6.92 Å². The Kier molecular flexibility index (Phi) is 3.55. The normalized spacial score (nSPS) is 24.6. The lowest BCUT2D eigenvalue weighted by Gasteiger charge is -2.23. The van der Waals surface area contributed by atoms with E-state index in [1.54, 1.807) is 0 Å². The zero-order valence-electron chi connectivity index (χ0n) is 21.8. The summed E-state index contributed by atoms with van der Waals surface area (Å²) < 4.78 is 89.5. The molecule has 7 nitrogen and oxygen atoms in total. The van der Waals surface area contributed by atoms with E-state index < -0.39 is 57.2 Å². The molecule has 1 fully saturated rings. The highest BCUT2D eigenvalue weighted by Crippen LogP contribution is 2.29. The predicted molar refractivity (Wildman–Crippen MR) is 97.7 cm³/mol. The Morgan fingerprint density at radius 2 is 2.36 bits per heavy atom. The molecule has 1 atom stereocenters. The van der Waals surface area contributed by atoms with Gasteiger partial charge in [-0.15, -0.1) is 0 Å². The van der Waals surface area contributed by atoms with Gasteiger partial charge in [-0.3, -0.25) is 9.69 Å². The maximum atomic E-state index is 12.9. The molecule has 1 heterocycles. The van der Waals surface area contributed by atoms with Gasteiger partial charge in [-0.2, -0.15) is 0 Å². The molecule has 2 rings (SSSR count). The molecule has 1 aliphatic heterocycles. The van der Waals surface area contributed by atoms with Crippen molar-refractivity contribution in [3.63, 3.8) is 0 Å². The number of hydrogen-bond donors (Lipinski definition) is 2. The first-order valence-corrected chi connectivity index (χ1v) is 9.30. The van der Waals surface area contributed by atoms with Crippen LogP contribution in [0.4, 0.5) is 5.69 Å². The fourth-order valence-electron chi connectivity index (χ4n) is 2.97. The number of likely N-dealkylation sites (tertiary alicyclic amines) is 1. The number of benzene rings is 1. The van der Waals surface area contributed by atoms with E-state index in [-0.39, 0.29) is 12.6 Å². The monoisotopic (exact) mass is 377 g/mol. The molecule has 1 amide bonds. The van der Waals surface area contributed by atoms with Gasteiger partial charge in [0.05, 0.1) is 33.0 Å². The number of hydrogen-bond acceptors (Lipinski definition) is 6. The summed E-state index contributed by atoms with van der Waals surface area (Å²) in [7, 11) is -8.23. The zero-order valence-corrected chi connectivity index (χ0v) is 14.6. The third-order valence-corrected chi connectivity index (χ3v) is 5.50. The predicted octanol–water partition coefficient (Wildman–Crippen LogP) is 1.29. The van der Waals surface area contributed by atoms with Crippen molar-refractivity contribution in [2.45, 2.75) is 37.6 Å². The Balaban J connectivity index is 2.51. The molecule has 0 aromatic heterocycles. The van der Waals surface area contributed by atoms with Crippen LogP contribution >= 0.6 is 0 Å². The molecule has 1 aromatic rings. The fraction of sp³-hybridized carbons (Fsp3) is 0.588. The van der Waals surface area contributed by atoms with Crippen LogP contribution in [-0.2, 0) is 9.84 Å². The van der Waals surface area contributed by atoms with Crippen molar-refractivity contribution in [2.24, 2.45) is 0 Å². The topological polar surface area (TPSA) is 102 Å². The van der Waals surface area contributed by atoms with Gasteiger partial charge in [0, 0.05) is 25.5 Å². The van der Waals surface area contributed by atoms with Crippen LogP contribution in [0.5, 0.6) is 5.75 Å². The molecular weight excluding hydrogens is 342 g/mol. The second-order valence-electron chi connectivity index (χ2n) is 5.73. The number of nitrogens with one attached hydrogen (secondary N) is 1. The average Bonchev–Trinajstić information content (AvgIpc) is 3.11. The van der Waals surface area contributed by atoms with Gasteiger partial charge >= 0.3 is 0 Å². The highest BCUT2D eigenvalue weighted by Gasteiger charge is 2.25. The molecule has 0 bridgehead atoms. The van der Waals surface area contributed by atoms with E-state index >= 15 is 0 Å². The lowest BCUT2D eigenvalue weighted by atomic mass is 10.1. The van der Waals surface area contributed by atoms with Crippen molar-refractivity contribution < 1.29 is 28.9 Å². The van der Waals surface area contributed by atoms with Gasteiger partial charge in [-0.1, -0.05) is 13.8 Å². The smallest absolute Gasteiger partial charge is 0.255 e. The first-order valence-electron chi connectivity index (χ1n) is 11.8. The first kappa shape index (κ1) is 11.0. The van der Waals surface area contributed by atoms with Crippen LogP contribution in [-0.4, -0.2) is 57.6 Å². The highest BCUT2D eigenvalue weighted by molar-refractivity contribution is 7.91. The fourth-order valence-corrected chi connectivity index (χ4v) is 3.73. The Morgan fingerprint density at radius 3 is 3.04 bits per heavy atom. The molecule has 0 spiro atoms. The largest absolute Gasteiger partial charge is 0.496 e. The van der Waals surface area contributed by atoms with Gasteiger partial charge in [0.2, 0.25) is 0 Å². The number of nitrogens with two attached hydrogens (primary N) is 1. The van der Waals surface area contributed by atoms with Gasteiger partial charge in [0.15, 0.2) is 9.84 Å². The van der Waals surface area contributed by atoms with E-state index in [9.17, 15) is 13.2 Å². The van der Waals surface area contributed by atoms with Gasteiger partial charge in [0.25, 0.3) is 5.91 Å². The number of sulfone groups is 1. The van der Waals surface area contributed by atoms with Crippen molar-refractivity contribution in [2.75, 3.05) is 38.1 Å². The quantitative estimate of drug-likeness (QED) is 0.694. The van der Waals surface area contributed by atoms with Crippen molar-refractivity contribution >= 4 is 21.4 Å². The van der Waals surface area contributed by atoms with Crippen LogP contribution in [0, 0.1) is 0 Å². The summed E-state index contributed by atoms with van der Waals surface area (Å²) in [6.45, 7) is 0.239. The summed E-state index contributed by atoms with van der Waals surface area (Å²) >= 11 is 0. The third-order valence-electron chi connectivity index (χ3n) is 4.29. The number of carbonyl (C=O) groups is 1. The molecule has 8 heteroatoms. The standard InChI is InChI=1S/C17H27N3O4S/c1-4-20-8-6-7-12(20)11-19-17(21)13-9-16(25(22,23)5-2)14(18)10-15(13)24-3/h9-10,12H,4-8,11,18H2,1-3H3,(H,19,21)/i2D3,3D3,5D2. The van der Waals surface area contributed by atoms with Crippen LogP contribution in [0.15, 0.2) is 17.0 Å². The summed E-state index contributed by atoms with van der Waals surface area (Å²) in [5, 5.41) is 2.61. The number of nitrogens with zero attached hydrogens (tertiary/aromatic N) is 1. The molecule has 1 aromatic carbocycles. The minimum absolute atomic E-state index is 0.0348. The molecule has 0 radical (unpaired) electrons. The molecule has 0 saturated carbocycles. The molecule has 0 aliphatic carbocycles. The van der Waals surface area contributed by atoms with E-state index in [2.05, 4.69) is 10.2 Å². The van der Waals surface area contributed by atoms with Crippen molar-refractivity contribution in [3.05, 3.63) is 17.7 Å². The Morgan fingerprint density at radius 1 is 1.56 bits per heavy atom. The van der Waals surface area contributed by atoms with E-state index in [1.165, 1.54) is 0 Å². The Labute approximate surface area is 160 Å². The number of ether oxygens (including phenoxy) is 1. The van der Waals surface area contributed by atoms with Crippen LogP contribution in [0.3, 0.4) is 0 Å². The summed E-state index contributed by atoms with van der Waals surface area (Å²) in [5.74, 6) is -1.42. The van der Waals surface area contributed by atoms with E-state index in [0.717, 1.165) is 32.0 Å². The van der Waals surface area contributed by atoms with Crippen LogP contribution in [0.1, 0.15) is 47.9 Å². The minimum atomic E-state index is -5.23. The molecule has 25 heavy (non-hydrogen) atoms. The number of rotatable bonds is 7. The molecule has 1 saturated heterocycles. The van der Waals surface area contributed by atoms with E-state index in [4.69, 9.17) is 21.4 Å². The summed E-state index contributed by atoms with van der Waals surface area (Å²) in [4.78, 5) is 14.1. The Hall–Kier alpha value is -1.80. The molecule has 1 unspecified atom stereocenters. The summed E-state index contributed by atoms with van der Waals surface area (Å²) in [5.41, 5.74) is 0.804. The number of amides is 1. The minimum Gasteiger partial charge on any atom is -0.496 e. The van der Waals surface area contributed by atoms with E-state index in [0.29, 0.717) is 6.07 Å². The maximum absolute atomic E-state index is 12.9. The second kappa shape index (κ2) is 8.05. The summed E-state index contributed by atoms with van der Waals surface area (Å²) in [6.07, 6.45) is 1.77. The maximum Gasteiger partial charge on any atom is 0.255 e. The zero-order chi connectivity index (χ0) is 25.4. The van der Waals surface area contributed by atoms with Gasteiger partial charge < -0.3 is 15.8 Å². The average molecular weight is 378 g/mol. The van der Waals surface area contributed by atoms with Crippen molar-refractivity contribution in [1.82, 2.24) is 10.2 Å². The van der Waals surface area contributed by atoms with Crippen LogP contribution in [0.25, 0.3) is 0 Å². The van der Waals surface area contributed by atoms with Gasteiger partial charge in [0.1, 0.15) is 5.75 Å².